The number of ether oxygens (including phenoxy) is 2. The fraction of sp³-hybridized carbons (Fsp3) is 0.667. The Hall–Kier alpha value is -1.00. The van der Waals surface area contributed by atoms with E-state index in [-0.39, 0.29) is 25.2 Å². The summed E-state index contributed by atoms with van der Waals surface area (Å²) in [5.74, 6) is 0.193. The van der Waals surface area contributed by atoms with Crippen LogP contribution in [0.25, 0.3) is 0 Å². The van der Waals surface area contributed by atoms with Crippen molar-refractivity contribution in [1.29, 1.82) is 0 Å². The first-order chi connectivity index (χ1) is 7.72. The van der Waals surface area contributed by atoms with Crippen LogP contribution in [0.15, 0.2) is 25.7 Å². The van der Waals surface area contributed by atoms with Crippen molar-refractivity contribution in [3.63, 3.8) is 0 Å². The second-order valence-electron chi connectivity index (χ2n) is 4.12. The summed E-state index contributed by atoms with van der Waals surface area (Å²) in [6.45, 7) is 7.04. The number of hydrogen-bond acceptors (Lipinski definition) is 4. The summed E-state index contributed by atoms with van der Waals surface area (Å²) < 4.78 is 10.8. The predicted octanol–water partition coefficient (Wildman–Crippen LogP) is 1.20. The average molecular weight is 228 g/mol. The zero-order valence-electron chi connectivity index (χ0n) is 9.47. The summed E-state index contributed by atoms with van der Waals surface area (Å²) in [5, 5.41) is 18.6. The van der Waals surface area contributed by atoms with Gasteiger partial charge in [0.25, 0.3) is 0 Å². The van der Waals surface area contributed by atoms with E-state index in [1.807, 2.05) is 0 Å². The lowest BCUT2D eigenvalue weighted by Crippen LogP contribution is -2.52. The average Bonchev–Trinajstić information content (AvgIpc) is 2.32. The molecule has 3 unspecified atom stereocenters. The smallest absolute Gasteiger partial charge is 0.167 e. The number of aliphatic hydroxyl groups is 2. The highest BCUT2D eigenvalue weighted by molar-refractivity contribution is 4.97. The third-order valence-electron chi connectivity index (χ3n) is 3.21. The molecule has 0 aromatic heterocycles. The Morgan fingerprint density at radius 1 is 1.31 bits per heavy atom. The highest BCUT2D eigenvalue weighted by atomic mass is 16.6. The van der Waals surface area contributed by atoms with Gasteiger partial charge < -0.3 is 19.7 Å². The molecule has 1 rings (SSSR count). The number of rotatable bonds is 6. The minimum Gasteiger partial charge on any atom is -0.494 e. The summed E-state index contributed by atoms with van der Waals surface area (Å²) in [5.41, 5.74) is -0.748. The molecule has 3 atom stereocenters. The van der Waals surface area contributed by atoms with Crippen LogP contribution in [0.4, 0.5) is 0 Å². The fourth-order valence-electron chi connectivity index (χ4n) is 2.23. The largest absolute Gasteiger partial charge is 0.494 e. The van der Waals surface area contributed by atoms with Gasteiger partial charge >= 0.3 is 0 Å². The third-order valence-corrected chi connectivity index (χ3v) is 3.21. The van der Waals surface area contributed by atoms with Gasteiger partial charge in [-0.05, 0) is 25.2 Å². The molecule has 0 radical (unpaired) electrons. The van der Waals surface area contributed by atoms with Gasteiger partial charge in [-0.15, -0.1) is 0 Å². The van der Waals surface area contributed by atoms with Crippen LogP contribution < -0.4 is 0 Å². The third kappa shape index (κ3) is 2.57. The summed E-state index contributed by atoms with van der Waals surface area (Å²) in [4.78, 5) is 0. The van der Waals surface area contributed by atoms with E-state index in [1.54, 1.807) is 0 Å². The molecule has 0 heterocycles. The van der Waals surface area contributed by atoms with Gasteiger partial charge in [0.05, 0.1) is 19.1 Å². The Morgan fingerprint density at radius 2 is 2.06 bits per heavy atom. The Kier molecular flexibility index (Phi) is 4.83. The molecule has 0 aromatic rings. The van der Waals surface area contributed by atoms with Crippen LogP contribution in [-0.2, 0) is 9.47 Å². The van der Waals surface area contributed by atoms with Gasteiger partial charge in [-0.3, -0.25) is 0 Å². The maximum atomic E-state index is 9.48. The molecule has 2 N–H and O–H groups in total. The Morgan fingerprint density at radius 3 is 2.56 bits per heavy atom. The molecule has 0 bridgehead atoms. The summed E-state index contributed by atoms with van der Waals surface area (Å²) in [6.07, 6.45) is 4.48. The monoisotopic (exact) mass is 228 g/mol. The van der Waals surface area contributed by atoms with Crippen molar-refractivity contribution in [2.24, 2.45) is 5.92 Å². The molecular formula is C12H20O4. The van der Waals surface area contributed by atoms with Crippen LogP contribution >= 0.6 is 0 Å². The van der Waals surface area contributed by atoms with Gasteiger partial charge in [-0.2, -0.15) is 0 Å². The molecular weight excluding hydrogens is 208 g/mol. The molecule has 16 heavy (non-hydrogen) atoms. The molecule has 4 heteroatoms. The maximum Gasteiger partial charge on any atom is 0.167 e. The van der Waals surface area contributed by atoms with Crippen LogP contribution in [0.2, 0.25) is 0 Å². The van der Waals surface area contributed by atoms with Gasteiger partial charge in [-0.25, -0.2) is 0 Å². The zero-order valence-corrected chi connectivity index (χ0v) is 9.47. The molecule has 4 nitrogen and oxygen atoms in total. The van der Waals surface area contributed by atoms with E-state index >= 15 is 0 Å². The second-order valence-corrected chi connectivity index (χ2v) is 4.12. The quantitative estimate of drug-likeness (QED) is 0.671. The van der Waals surface area contributed by atoms with Crippen molar-refractivity contribution in [3.8, 4) is 0 Å². The lowest BCUT2D eigenvalue weighted by molar-refractivity contribution is -0.147. The van der Waals surface area contributed by atoms with E-state index in [1.165, 1.54) is 12.5 Å². The van der Waals surface area contributed by atoms with Gasteiger partial charge in [0.15, 0.2) is 5.60 Å². The molecule has 0 amide bonds. The fourth-order valence-corrected chi connectivity index (χ4v) is 2.23. The van der Waals surface area contributed by atoms with Crippen LogP contribution in [0.1, 0.15) is 19.3 Å². The SMILES string of the molecule is C=COC1CC(CO)CCC1(CO)OC=C. The molecule has 0 aliphatic heterocycles. The minimum atomic E-state index is -0.748. The van der Waals surface area contributed by atoms with Crippen molar-refractivity contribution in [3.05, 3.63) is 25.7 Å². The Balaban J connectivity index is 2.79. The van der Waals surface area contributed by atoms with E-state index < -0.39 is 5.60 Å². The molecule has 1 aliphatic carbocycles. The van der Waals surface area contributed by atoms with Gasteiger partial charge in [-0.1, -0.05) is 13.2 Å². The zero-order chi connectivity index (χ0) is 12.0. The molecule has 92 valence electrons. The maximum absolute atomic E-state index is 9.48. The van der Waals surface area contributed by atoms with Crippen molar-refractivity contribution in [2.45, 2.75) is 31.0 Å². The molecule has 1 fully saturated rings. The summed E-state index contributed by atoms with van der Waals surface area (Å²) in [6, 6.07) is 0. The van der Waals surface area contributed by atoms with E-state index in [4.69, 9.17) is 14.6 Å². The number of hydrogen-bond donors (Lipinski definition) is 2. The van der Waals surface area contributed by atoms with E-state index in [0.29, 0.717) is 12.8 Å². The minimum absolute atomic E-state index is 0.129. The first-order valence-corrected chi connectivity index (χ1v) is 5.49. The standard InChI is InChI=1S/C12H20O4/c1-3-15-11-7-10(8-13)5-6-12(11,9-14)16-4-2/h3-4,10-11,13-14H,1-2,5-9H2. The van der Waals surface area contributed by atoms with Gasteiger partial charge in [0, 0.05) is 6.61 Å². The first-order valence-electron chi connectivity index (χ1n) is 5.49. The highest BCUT2D eigenvalue weighted by Crippen LogP contribution is 2.37. The highest BCUT2D eigenvalue weighted by Gasteiger charge is 2.45. The Bertz CT molecular complexity index is 241. The normalized spacial score (nSPS) is 34.1. The summed E-state index contributed by atoms with van der Waals surface area (Å²) >= 11 is 0. The van der Waals surface area contributed by atoms with Gasteiger partial charge in [0.2, 0.25) is 0 Å². The lowest BCUT2D eigenvalue weighted by atomic mass is 9.77. The van der Waals surface area contributed by atoms with Crippen molar-refractivity contribution in [2.75, 3.05) is 13.2 Å². The lowest BCUT2D eigenvalue weighted by Gasteiger charge is -2.43. The van der Waals surface area contributed by atoms with Crippen LogP contribution in [-0.4, -0.2) is 35.1 Å². The van der Waals surface area contributed by atoms with E-state index in [0.717, 1.165) is 6.42 Å². The van der Waals surface area contributed by atoms with Crippen LogP contribution in [0.5, 0.6) is 0 Å². The van der Waals surface area contributed by atoms with Crippen molar-refractivity contribution < 1.29 is 19.7 Å². The van der Waals surface area contributed by atoms with Gasteiger partial charge in [0.1, 0.15) is 6.10 Å². The summed E-state index contributed by atoms with van der Waals surface area (Å²) in [7, 11) is 0. The number of aliphatic hydroxyl groups excluding tert-OH is 2. The topological polar surface area (TPSA) is 58.9 Å². The molecule has 0 spiro atoms. The molecule has 1 aliphatic rings. The van der Waals surface area contributed by atoms with E-state index in [9.17, 15) is 5.11 Å². The first kappa shape index (κ1) is 13.1. The molecule has 0 aromatic carbocycles. The van der Waals surface area contributed by atoms with Crippen molar-refractivity contribution >= 4 is 0 Å². The van der Waals surface area contributed by atoms with Crippen LogP contribution in [0, 0.1) is 5.92 Å². The molecule has 1 saturated carbocycles. The van der Waals surface area contributed by atoms with Crippen molar-refractivity contribution in [1.82, 2.24) is 0 Å². The molecule has 0 saturated heterocycles. The van der Waals surface area contributed by atoms with E-state index in [2.05, 4.69) is 13.2 Å². The second kappa shape index (κ2) is 5.92. The predicted molar refractivity (Wildman–Crippen MR) is 60.6 cm³/mol. The van der Waals surface area contributed by atoms with Crippen LogP contribution in [0.3, 0.4) is 0 Å². The Labute approximate surface area is 96.2 Å².